The molecule has 1 aliphatic heterocycles. The maximum absolute atomic E-state index is 13.1. The molecule has 0 spiro atoms. The number of ketones is 1. The van der Waals surface area contributed by atoms with Crippen molar-refractivity contribution >= 4 is 17.4 Å². The molecule has 1 fully saturated rings. The second-order valence-corrected chi connectivity index (χ2v) is 8.31. The predicted octanol–water partition coefficient (Wildman–Crippen LogP) is 4.19. The van der Waals surface area contributed by atoms with Gasteiger partial charge in [0.2, 0.25) is 0 Å². The minimum atomic E-state index is -0.769. The monoisotopic (exact) mass is 453 g/mol. The standard InChI is InChI=1S/C26H31NO6/c1-17(2)16-33-19-12-10-18(11-13-19)24(28)22-23(20-8-5-6-9-21(20)32-4)27(14-7-15-31-3)26(30)25(22)29/h5-6,8-13,17,23,28H,7,14-16H2,1-4H3/b24-22+/t23-/m1/s1. The highest BCUT2D eigenvalue weighted by Gasteiger charge is 2.46. The summed E-state index contributed by atoms with van der Waals surface area (Å²) in [7, 11) is 3.12. The molecule has 2 aromatic carbocycles. The van der Waals surface area contributed by atoms with Crippen molar-refractivity contribution in [2.75, 3.05) is 34.0 Å². The van der Waals surface area contributed by atoms with E-state index < -0.39 is 17.7 Å². The summed E-state index contributed by atoms with van der Waals surface area (Å²) in [6.45, 7) is 5.44. The van der Waals surface area contributed by atoms with E-state index in [1.54, 1.807) is 43.5 Å². The number of aliphatic hydroxyl groups excluding tert-OH is 1. The number of carbonyl (C=O) groups excluding carboxylic acids is 2. The average molecular weight is 454 g/mol. The van der Waals surface area contributed by atoms with Crippen molar-refractivity contribution < 1.29 is 28.9 Å². The molecule has 1 heterocycles. The smallest absolute Gasteiger partial charge is 0.295 e. The van der Waals surface area contributed by atoms with Crippen molar-refractivity contribution in [1.82, 2.24) is 4.90 Å². The quantitative estimate of drug-likeness (QED) is 0.251. The highest BCUT2D eigenvalue weighted by molar-refractivity contribution is 6.46. The first kappa shape index (κ1) is 24.3. The molecular formula is C26H31NO6. The Morgan fingerprint density at radius 2 is 1.76 bits per heavy atom. The van der Waals surface area contributed by atoms with Crippen LogP contribution in [0.15, 0.2) is 54.1 Å². The van der Waals surface area contributed by atoms with Crippen molar-refractivity contribution in [2.24, 2.45) is 5.92 Å². The maximum atomic E-state index is 13.1. The number of para-hydroxylation sites is 1. The number of benzene rings is 2. The SMILES string of the molecule is COCCCN1C(=O)C(=O)/C(=C(/O)c2ccc(OCC(C)C)cc2)[C@H]1c1ccccc1OC. The van der Waals surface area contributed by atoms with E-state index in [-0.39, 0.29) is 11.3 Å². The van der Waals surface area contributed by atoms with E-state index in [1.165, 1.54) is 12.0 Å². The van der Waals surface area contributed by atoms with Crippen molar-refractivity contribution in [1.29, 1.82) is 0 Å². The van der Waals surface area contributed by atoms with Gasteiger partial charge in [0.05, 0.1) is 25.3 Å². The molecule has 7 heteroatoms. The fourth-order valence-corrected chi connectivity index (χ4v) is 3.83. The number of amides is 1. The third-order valence-corrected chi connectivity index (χ3v) is 5.43. The van der Waals surface area contributed by atoms with Gasteiger partial charge in [0, 0.05) is 31.4 Å². The summed E-state index contributed by atoms with van der Waals surface area (Å²) in [4.78, 5) is 27.5. The van der Waals surface area contributed by atoms with Gasteiger partial charge < -0.3 is 24.2 Å². The van der Waals surface area contributed by atoms with Crippen LogP contribution in [0.1, 0.15) is 37.4 Å². The highest BCUT2D eigenvalue weighted by Crippen LogP contribution is 2.42. The Hall–Kier alpha value is -3.32. The van der Waals surface area contributed by atoms with Crippen LogP contribution in [0.4, 0.5) is 0 Å². The minimum Gasteiger partial charge on any atom is -0.507 e. The number of hydrogen-bond acceptors (Lipinski definition) is 6. The Balaban J connectivity index is 2.05. The zero-order valence-corrected chi connectivity index (χ0v) is 19.5. The van der Waals surface area contributed by atoms with Crippen molar-refractivity contribution in [3.05, 3.63) is 65.2 Å². The molecule has 0 saturated carbocycles. The van der Waals surface area contributed by atoms with Gasteiger partial charge in [-0.25, -0.2) is 0 Å². The molecule has 2 aromatic rings. The lowest BCUT2D eigenvalue weighted by Gasteiger charge is -2.26. The van der Waals surface area contributed by atoms with Crippen LogP contribution in [0.2, 0.25) is 0 Å². The molecule has 1 atom stereocenters. The summed E-state index contributed by atoms with van der Waals surface area (Å²) >= 11 is 0. The maximum Gasteiger partial charge on any atom is 0.295 e. The molecule has 176 valence electrons. The summed E-state index contributed by atoms with van der Waals surface area (Å²) < 4.78 is 16.3. The van der Waals surface area contributed by atoms with E-state index in [0.29, 0.717) is 54.7 Å². The van der Waals surface area contributed by atoms with Crippen molar-refractivity contribution in [3.8, 4) is 11.5 Å². The lowest BCUT2D eigenvalue weighted by Crippen LogP contribution is -2.31. The Labute approximate surface area is 194 Å². The molecule has 1 amide bonds. The first-order chi connectivity index (χ1) is 15.9. The molecule has 7 nitrogen and oxygen atoms in total. The summed E-state index contributed by atoms with van der Waals surface area (Å²) in [5.74, 6) is -0.0191. The van der Waals surface area contributed by atoms with E-state index in [1.807, 2.05) is 12.1 Å². The number of Topliss-reactive ketones (excluding diaryl/α,β-unsaturated/α-hetero) is 1. The number of nitrogens with zero attached hydrogens (tertiary/aromatic N) is 1. The summed E-state index contributed by atoms with van der Waals surface area (Å²) in [6, 6.07) is 13.3. The van der Waals surface area contributed by atoms with Crippen LogP contribution >= 0.6 is 0 Å². The van der Waals surface area contributed by atoms with Gasteiger partial charge in [-0.15, -0.1) is 0 Å². The summed E-state index contributed by atoms with van der Waals surface area (Å²) in [6.07, 6.45) is 0.553. The number of aliphatic hydroxyl groups is 1. The molecule has 3 rings (SSSR count). The lowest BCUT2D eigenvalue weighted by molar-refractivity contribution is -0.140. The molecule has 0 unspecified atom stereocenters. The van der Waals surface area contributed by atoms with Gasteiger partial charge in [-0.05, 0) is 42.7 Å². The molecule has 0 aliphatic carbocycles. The predicted molar refractivity (Wildman–Crippen MR) is 125 cm³/mol. The topological polar surface area (TPSA) is 85.3 Å². The van der Waals surface area contributed by atoms with Gasteiger partial charge in [0.25, 0.3) is 11.7 Å². The zero-order valence-electron chi connectivity index (χ0n) is 19.5. The Morgan fingerprint density at radius 1 is 1.06 bits per heavy atom. The second-order valence-electron chi connectivity index (χ2n) is 8.31. The Kier molecular flexibility index (Phi) is 8.11. The van der Waals surface area contributed by atoms with Crippen molar-refractivity contribution in [3.63, 3.8) is 0 Å². The zero-order chi connectivity index (χ0) is 24.0. The highest BCUT2D eigenvalue weighted by atomic mass is 16.5. The summed E-state index contributed by atoms with van der Waals surface area (Å²) in [5.41, 5.74) is 1.11. The van der Waals surface area contributed by atoms with Crippen LogP contribution in [-0.2, 0) is 14.3 Å². The summed E-state index contributed by atoms with van der Waals surface area (Å²) in [5, 5.41) is 11.2. The number of methoxy groups -OCH3 is 2. The third-order valence-electron chi connectivity index (χ3n) is 5.43. The number of rotatable bonds is 10. The fraction of sp³-hybridized carbons (Fsp3) is 0.385. The molecule has 0 radical (unpaired) electrons. The molecule has 33 heavy (non-hydrogen) atoms. The lowest BCUT2D eigenvalue weighted by atomic mass is 9.94. The first-order valence-electron chi connectivity index (χ1n) is 11.0. The van der Waals surface area contributed by atoms with Gasteiger partial charge in [-0.1, -0.05) is 32.0 Å². The van der Waals surface area contributed by atoms with Crippen LogP contribution in [0.25, 0.3) is 5.76 Å². The van der Waals surface area contributed by atoms with E-state index >= 15 is 0 Å². The van der Waals surface area contributed by atoms with Gasteiger partial charge >= 0.3 is 0 Å². The Bertz CT molecular complexity index is 1010. The molecule has 0 bridgehead atoms. The van der Waals surface area contributed by atoms with Crippen LogP contribution in [0.3, 0.4) is 0 Å². The van der Waals surface area contributed by atoms with Crippen LogP contribution < -0.4 is 9.47 Å². The van der Waals surface area contributed by atoms with Gasteiger partial charge in [-0.3, -0.25) is 9.59 Å². The number of hydrogen-bond donors (Lipinski definition) is 1. The fourth-order valence-electron chi connectivity index (χ4n) is 3.83. The molecule has 0 aromatic heterocycles. The van der Waals surface area contributed by atoms with E-state index in [4.69, 9.17) is 14.2 Å². The number of ether oxygens (including phenoxy) is 3. The van der Waals surface area contributed by atoms with Crippen LogP contribution in [0, 0.1) is 5.92 Å². The minimum absolute atomic E-state index is 0.0396. The number of carbonyl (C=O) groups is 2. The largest absolute Gasteiger partial charge is 0.507 e. The van der Waals surface area contributed by atoms with Gasteiger partial charge in [0.1, 0.15) is 17.3 Å². The molecule has 1 N–H and O–H groups in total. The average Bonchev–Trinajstić information content (AvgIpc) is 3.07. The van der Waals surface area contributed by atoms with E-state index in [0.717, 1.165) is 0 Å². The number of likely N-dealkylation sites (tertiary alicyclic amines) is 1. The molecular weight excluding hydrogens is 422 g/mol. The Morgan fingerprint density at radius 3 is 2.39 bits per heavy atom. The van der Waals surface area contributed by atoms with Gasteiger partial charge in [0.15, 0.2) is 0 Å². The normalized spacial score (nSPS) is 17.6. The molecule has 1 saturated heterocycles. The van der Waals surface area contributed by atoms with Crippen LogP contribution in [0.5, 0.6) is 11.5 Å². The van der Waals surface area contributed by atoms with Crippen LogP contribution in [-0.4, -0.2) is 55.7 Å². The van der Waals surface area contributed by atoms with Gasteiger partial charge in [-0.2, -0.15) is 0 Å². The van der Waals surface area contributed by atoms with E-state index in [2.05, 4.69) is 13.8 Å². The van der Waals surface area contributed by atoms with Crippen molar-refractivity contribution in [2.45, 2.75) is 26.3 Å². The first-order valence-corrected chi connectivity index (χ1v) is 11.0. The molecule has 1 aliphatic rings. The second kappa shape index (κ2) is 11.0. The third kappa shape index (κ3) is 5.37. The van der Waals surface area contributed by atoms with E-state index in [9.17, 15) is 14.7 Å².